The Bertz CT molecular complexity index is 736. The van der Waals surface area contributed by atoms with E-state index in [-0.39, 0.29) is 11.8 Å². The summed E-state index contributed by atoms with van der Waals surface area (Å²) in [5.74, 6) is 0.391. The quantitative estimate of drug-likeness (QED) is 0.786. The fourth-order valence-electron chi connectivity index (χ4n) is 3.55. The number of nitrogens with one attached hydrogen (secondary N) is 2. The number of aryl methyl sites for hydroxylation is 1. The molecule has 124 valence electrons. The lowest BCUT2D eigenvalue weighted by molar-refractivity contribution is -0.117. The Morgan fingerprint density at radius 1 is 0.917 bits per heavy atom. The maximum Gasteiger partial charge on any atom is 0.227 e. The average molecular weight is 320 g/mol. The highest BCUT2D eigenvalue weighted by Crippen LogP contribution is 2.33. The van der Waals surface area contributed by atoms with Gasteiger partial charge >= 0.3 is 0 Å². The van der Waals surface area contributed by atoms with Crippen LogP contribution in [0.1, 0.15) is 49.3 Å². The molecule has 4 rings (SSSR count). The van der Waals surface area contributed by atoms with E-state index in [2.05, 4.69) is 41.0 Å². The molecule has 1 amide bonds. The number of fused-ring (bicyclic) bond motifs is 1. The van der Waals surface area contributed by atoms with Crippen molar-refractivity contribution in [2.45, 2.75) is 44.6 Å². The molecular weight excluding hydrogens is 296 g/mol. The second-order valence-corrected chi connectivity index (χ2v) is 6.99. The lowest BCUT2D eigenvalue weighted by Gasteiger charge is -2.21. The number of benzene rings is 2. The molecule has 2 aromatic carbocycles. The topological polar surface area (TPSA) is 41.1 Å². The van der Waals surface area contributed by atoms with E-state index < -0.39 is 0 Å². The van der Waals surface area contributed by atoms with Gasteiger partial charge in [-0.1, -0.05) is 36.8 Å². The molecule has 0 radical (unpaired) electrons. The fourth-order valence-corrected chi connectivity index (χ4v) is 3.55. The van der Waals surface area contributed by atoms with Gasteiger partial charge in [-0.05, 0) is 61.4 Å². The molecule has 3 heteroatoms. The zero-order chi connectivity index (χ0) is 16.4. The molecule has 2 aromatic rings. The van der Waals surface area contributed by atoms with E-state index in [1.807, 2.05) is 18.2 Å². The van der Waals surface area contributed by atoms with Gasteiger partial charge in [-0.15, -0.1) is 0 Å². The van der Waals surface area contributed by atoms with E-state index in [1.54, 1.807) is 0 Å². The Morgan fingerprint density at radius 3 is 2.62 bits per heavy atom. The molecule has 2 aliphatic carbocycles. The van der Waals surface area contributed by atoms with Gasteiger partial charge in [-0.2, -0.15) is 0 Å². The highest BCUT2D eigenvalue weighted by molar-refractivity contribution is 5.94. The van der Waals surface area contributed by atoms with Crippen LogP contribution in [0.3, 0.4) is 0 Å². The summed E-state index contributed by atoms with van der Waals surface area (Å²) in [6, 6.07) is 17.2. The molecule has 0 aromatic heterocycles. The summed E-state index contributed by atoms with van der Waals surface area (Å²) in [5.41, 5.74) is 4.84. The summed E-state index contributed by atoms with van der Waals surface area (Å²) >= 11 is 0. The Kier molecular flexibility index (Phi) is 4.24. The highest BCUT2D eigenvalue weighted by atomic mass is 16.2. The number of carbonyl (C=O) groups is 1. The van der Waals surface area contributed by atoms with Crippen LogP contribution in [0, 0.1) is 5.92 Å². The van der Waals surface area contributed by atoms with Crippen molar-refractivity contribution in [3.05, 3.63) is 59.7 Å². The SMILES string of the molecule is O=C(Nc1cccc(NC2CCCCc3ccccc32)c1)C1CC1. The molecule has 1 saturated carbocycles. The van der Waals surface area contributed by atoms with Crippen molar-refractivity contribution < 1.29 is 4.79 Å². The molecule has 0 bridgehead atoms. The third-order valence-corrected chi connectivity index (χ3v) is 5.04. The maximum absolute atomic E-state index is 12.0. The molecule has 0 heterocycles. The molecule has 2 N–H and O–H groups in total. The molecule has 1 unspecified atom stereocenters. The summed E-state index contributed by atoms with van der Waals surface area (Å²) in [4.78, 5) is 12.0. The van der Waals surface area contributed by atoms with Crippen molar-refractivity contribution in [3.63, 3.8) is 0 Å². The van der Waals surface area contributed by atoms with Gasteiger partial charge in [0, 0.05) is 17.3 Å². The Labute approximate surface area is 143 Å². The molecule has 0 saturated heterocycles. The van der Waals surface area contributed by atoms with Gasteiger partial charge in [-0.3, -0.25) is 4.79 Å². The van der Waals surface area contributed by atoms with Crippen LogP contribution in [0.5, 0.6) is 0 Å². The first-order chi connectivity index (χ1) is 11.8. The monoisotopic (exact) mass is 320 g/mol. The van der Waals surface area contributed by atoms with Crippen LogP contribution in [-0.4, -0.2) is 5.91 Å². The van der Waals surface area contributed by atoms with Crippen molar-refractivity contribution >= 4 is 17.3 Å². The van der Waals surface area contributed by atoms with Gasteiger partial charge in [0.25, 0.3) is 0 Å². The summed E-state index contributed by atoms with van der Waals surface area (Å²) < 4.78 is 0. The maximum atomic E-state index is 12.0. The third kappa shape index (κ3) is 3.45. The van der Waals surface area contributed by atoms with Crippen LogP contribution in [-0.2, 0) is 11.2 Å². The lowest BCUT2D eigenvalue weighted by atomic mass is 9.99. The first-order valence-electron chi connectivity index (χ1n) is 9.05. The molecule has 0 aliphatic heterocycles. The zero-order valence-corrected chi connectivity index (χ0v) is 13.9. The number of rotatable bonds is 4. The van der Waals surface area contributed by atoms with E-state index in [4.69, 9.17) is 0 Å². The van der Waals surface area contributed by atoms with Crippen molar-refractivity contribution in [1.29, 1.82) is 0 Å². The summed E-state index contributed by atoms with van der Waals surface area (Å²) in [5, 5.41) is 6.72. The number of hydrogen-bond acceptors (Lipinski definition) is 2. The van der Waals surface area contributed by atoms with Crippen LogP contribution >= 0.6 is 0 Å². The minimum absolute atomic E-state index is 0.159. The highest BCUT2D eigenvalue weighted by Gasteiger charge is 2.29. The summed E-state index contributed by atoms with van der Waals surface area (Å²) in [6.07, 6.45) is 6.88. The predicted octanol–water partition coefficient (Wildman–Crippen LogP) is 4.91. The van der Waals surface area contributed by atoms with Gasteiger partial charge in [0.05, 0.1) is 6.04 Å². The van der Waals surface area contributed by atoms with E-state index in [1.165, 1.54) is 30.4 Å². The molecule has 1 atom stereocenters. The number of amides is 1. The van der Waals surface area contributed by atoms with Crippen LogP contribution in [0.25, 0.3) is 0 Å². The van der Waals surface area contributed by atoms with Gasteiger partial charge in [0.1, 0.15) is 0 Å². The van der Waals surface area contributed by atoms with Gasteiger partial charge < -0.3 is 10.6 Å². The largest absolute Gasteiger partial charge is 0.378 e. The van der Waals surface area contributed by atoms with Crippen LogP contribution in [0.4, 0.5) is 11.4 Å². The fraction of sp³-hybridized carbons (Fsp3) is 0.381. The number of hydrogen-bond donors (Lipinski definition) is 2. The van der Waals surface area contributed by atoms with E-state index in [0.29, 0.717) is 6.04 Å². The molecule has 0 spiro atoms. The van der Waals surface area contributed by atoms with Crippen molar-refractivity contribution in [2.24, 2.45) is 5.92 Å². The average Bonchev–Trinajstić information content (AvgIpc) is 3.43. The predicted molar refractivity (Wildman–Crippen MR) is 98.2 cm³/mol. The van der Waals surface area contributed by atoms with Gasteiger partial charge in [0.2, 0.25) is 5.91 Å². The van der Waals surface area contributed by atoms with Crippen molar-refractivity contribution in [2.75, 3.05) is 10.6 Å². The van der Waals surface area contributed by atoms with E-state index in [0.717, 1.165) is 30.6 Å². The van der Waals surface area contributed by atoms with Gasteiger partial charge in [0.15, 0.2) is 0 Å². The molecule has 24 heavy (non-hydrogen) atoms. The second kappa shape index (κ2) is 6.68. The molecule has 2 aliphatic rings. The molecule has 3 nitrogen and oxygen atoms in total. The first kappa shape index (κ1) is 15.3. The second-order valence-electron chi connectivity index (χ2n) is 6.99. The Hall–Kier alpha value is -2.29. The standard InChI is InChI=1S/C21H24N2O/c24-21(16-12-13-16)23-18-9-5-8-17(14-18)22-20-11-4-2-7-15-6-1-3-10-19(15)20/h1,3,5-6,8-10,14,16,20,22H,2,4,7,11-13H2,(H,23,24). The van der Waals surface area contributed by atoms with Crippen LogP contribution in [0.15, 0.2) is 48.5 Å². The van der Waals surface area contributed by atoms with Crippen LogP contribution in [0.2, 0.25) is 0 Å². The molecule has 1 fully saturated rings. The van der Waals surface area contributed by atoms with Crippen molar-refractivity contribution in [1.82, 2.24) is 0 Å². The van der Waals surface area contributed by atoms with Crippen molar-refractivity contribution in [3.8, 4) is 0 Å². The van der Waals surface area contributed by atoms with E-state index in [9.17, 15) is 4.79 Å². The Morgan fingerprint density at radius 2 is 1.75 bits per heavy atom. The molecular formula is C21H24N2O. The smallest absolute Gasteiger partial charge is 0.227 e. The normalized spacial score (nSPS) is 19.9. The first-order valence-corrected chi connectivity index (χ1v) is 9.05. The number of carbonyl (C=O) groups excluding carboxylic acids is 1. The number of anilines is 2. The summed E-state index contributed by atoms with van der Waals surface area (Å²) in [6.45, 7) is 0. The third-order valence-electron chi connectivity index (χ3n) is 5.04. The summed E-state index contributed by atoms with van der Waals surface area (Å²) in [7, 11) is 0. The van der Waals surface area contributed by atoms with Crippen LogP contribution < -0.4 is 10.6 Å². The van der Waals surface area contributed by atoms with Gasteiger partial charge in [-0.25, -0.2) is 0 Å². The zero-order valence-electron chi connectivity index (χ0n) is 13.9. The van der Waals surface area contributed by atoms with E-state index >= 15 is 0 Å². The minimum Gasteiger partial charge on any atom is -0.378 e. The lowest BCUT2D eigenvalue weighted by Crippen LogP contribution is -2.14. The minimum atomic E-state index is 0.159. The Balaban J connectivity index is 1.51.